The van der Waals surface area contributed by atoms with E-state index in [0.29, 0.717) is 16.4 Å². The van der Waals surface area contributed by atoms with Gasteiger partial charge in [0.25, 0.3) is 5.91 Å². The molecule has 0 radical (unpaired) electrons. The van der Waals surface area contributed by atoms with E-state index in [1.165, 1.54) is 4.90 Å². The number of halogens is 1. The van der Waals surface area contributed by atoms with Gasteiger partial charge in [-0.3, -0.25) is 4.79 Å². The number of aromatic nitrogens is 3. The predicted octanol–water partition coefficient (Wildman–Crippen LogP) is 1.93. The minimum absolute atomic E-state index is 0.166. The maximum Gasteiger partial charge on any atom is 0.275 e. The molecular weight excluding hydrogens is 252 g/mol. The van der Waals surface area contributed by atoms with Gasteiger partial charge in [-0.25, -0.2) is 4.68 Å². The lowest BCUT2D eigenvalue weighted by Gasteiger charge is -2.08. The zero-order valence-corrected chi connectivity index (χ0v) is 11.1. The quantitative estimate of drug-likeness (QED) is 0.833. The zero-order chi connectivity index (χ0) is 13.3. The molecule has 0 saturated heterocycles. The average Bonchev–Trinajstić information content (AvgIpc) is 2.70. The Morgan fingerprint density at radius 3 is 2.72 bits per heavy atom. The molecule has 94 valence electrons. The van der Waals surface area contributed by atoms with Crippen LogP contribution < -0.4 is 0 Å². The lowest BCUT2D eigenvalue weighted by atomic mass is 10.3. The van der Waals surface area contributed by atoms with Crippen LogP contribution in [0, 0.1) is 6.92 Å². The van der Waals surface area contributed by atoms with Gasteiger partial charge in [0.1, 0.15) is 0 Å². The molecule has 2 rings (SSSR count). The summed E-state index contributed by atoms with van der Waals surface area (Å²) in [5.41, 5.74) is 1.82. The summed E-state index contributed by atoms with van der Waals surface area (Å²) in [6.45, 7) is 1.80. The third-order valence-electron chi connectivity index (χ3n) is 2.56. The first-order valence-corrected chi connectivity index (χ1v) is 5.78. The van der Waals surface area contributed by atoms with E-state index >= 15 is 0 Å². The van der Waals surface area contributed by atoms with Crippen LogP contribution in [0.2, 0.25) is 5.02 Å². The largest absolute Gasteiger partial charge is 0.343 e. The molecule has 0 N–H and O–H groups in total. The standard InChI is InChI=1S/C12H13ClN4O/c1-8-11(12(18)16(2)3)14-15-17(8)10-6-4-5-9(13)7-10/h4-7H,1-3H3. The lowest BCUT2D eigenvalue weighted by Crippen LogP contribution is -2.23. The minimum Gasteiger partial charge on any atom is -0.343 e. The Balaban J connectivity index is 2.46. The summed E-state index contributed by atoms with van der Waals surface area (Å²) in [4.78, 5) is 13.3. The van der Waals surface area contributed by atoms with E-state index in [1.54, 1.807) is 37.8 Å². The highest BCUT2D eigenvalue weighted by atomic mass is 35.5. The molecule has 18 heavy (non-hydrogen) atoms. The van der Waals surface area contributed by atoms with Crippen molar-refractivity contribution in [2.45, 2.75) is 6.92 Å². The van der Waals surface area contributed by atoms with Crippen molar-refractivity contribution in [2.75, 3.05) is 14.1 Å². The Morgan fingerprint density at radius 1 is 1.39 bits per heavy atom. The molecule has 0 unspecified atom stereocenters. The monoisotopic (exact) mass is 264 g/mol. The highest BCUT2D eigenvalue weighted by Gasteiger charge is 2.18. The minimum atomic E-state index is -0.166. The second kappa shape index (κ2) is 4.78. The number of hydrogen-bond acceptors (Lipinski definition) is 3. The maximum absolute atomic E-state index is 11.9. The Labute approximate surface area is 110 Å². The highest BCUT2D eigenvalue weighted by Crippen LogP contribution is 2.17. The molecule has 0 bridgehead atoms. The van der Waals surface area contributed by atoms with Gasteiger partial charge in [0.15, 0.2) is 5.69 Å². The van der Waals surface area contributed by atoms with Gasteiger partial charge in [-0.2, -0.15) is 0 Å². The number of carbonyl (C=O) groups is 1. The molecule has 1 heterocycles. The molecular formula is C12H13ClN4O. The van der Waals surface area contributed by atoms with Crippen LogP contribution >= 0.6 is 11.6 Å². The SMILES string of the molecule is Cc1c(C(=O)N(C)C)nnn1-c1cccc(Cl)c1. The number of nitrogens with zero attached hydrogens (tertiary/aromatic N) is 4. The van der Waals surface area contributed by atoms with Crippen molar-refractivity contribution in [3.05, 3.63) is 40.7 Å². The summed E-state index contributed by atoms with van der Waals surface area (Å²) in [6.07, 6.45) is 0. The number of hydrogen-bond donors (Lipinski definition) is 0. The summed E-state index contributed by atoms with van der Waals surface area (Å²) in [7, 11) is 3.36. The van der Waals surface area contributed by atoms with Crippen molar-refractivity contribution in [3.63, 3.8) is 0 Å². The summed E-state index contributed by atoms with van der Waals surface area (Å²) in [6, 6.07) is 7.24. The molecule has 1 aromatic carbocycles. The molecule has 6 heteroatoms. The molecule has 1 aromatic heterocycles. The zero-order valence-electron chi connectivity index (χ0n) is 10.4. The molecule has 0 saturated carbocycles. The number of benzene rings is 1. The van der Waals surface area contributed by atoms with Gasteiger partial charge in [0.2, 0.25) is 0 Å². The number of amides is 1. The van der Waals surface area contributed by atoms with E-state index in [4.69, 9.17) is 11.6 Å². The molecule has 1 amide bonds. The van der Waals surface area contributed by atoms with Crippen LogP contribution in [0.5, 0.6) is 0 Å². The van der Waals surface area contributed by atoms with E-state index in [2.05, 4.69) is 10.3 Å². The Morgan fingerprint density at radius 2 is 2.11 bits per heavy atom. The molecule has 0 atom stereocenters. The van der Waals surface area contributed by atoms with Crippen LogP contribution in [0.4, 0.5) is 0 Å². The maximum atomic E-state index is 11.9. The van der Waals surface area contributed by atoms with Crippen molar-refractivity contribution in [1.82, 2.24) is 19.9 Å². The Kier molecular flexibility index (Phi) is 3.34. The molecule has 0 aliphatic carbocycles. The third-order valence-corrected chi connectivity index (χ3v) is 2.79. The first kappa shape index (κ1) is 12.6. The van der Waals surface area contributed by atoms with E-state index in [1.807, 2.05) is 12.1 Å². The van der Waals surface area contributed by atoms with Gasteiger partial charge in [-0.15, -0.1) is 5.10 Å². The van der Waals surface area contributed by atoms with Crippen molar-refractivity contribution in [2.24, 2.45) is 0 Å². The van der Waals surface area contributed by atoms with Gasteiger partial charge < -0.3 is 4.90 Å². The van der Waals surface area contributed by atoms with E-state index in [-0.39, 0.29) is 5.91 Å². The number of rotatable bonds is 2. The first-order valence-electron chi connectivity index (χ1n) is 5.40. The smallest absolute Gasteiger partial charge is 0.275 e. The van der Waals surface area contributed by atoms with Crippen molar-refractivity contribution >= 4 is 17.5 Å². The summed E-state index contributed by atoms with van der Waals surface area (Å²) in [5, 5.41) is 8.53. The molecule has 2 aromatic rings. The lowest BCUT2D eigenvalue weighted by molar-refractivity contribution is 0.0821. The van der Waals surface area contributed by atoms with Crippen LogP contribution in [-0.2, 0) is 0 Å². The normalized spacial score (nSPS) is 10.4. The van der Waals surface area contributed by atoms with Crippen molar-refractivity contribution in [3.8, 4) is 5.69 Å². The van der Waals surface area contributed by atoms with Crippen molar-refractivity contribution < 1.29 is 4.79 Å². The van der Waals surface area contributed by atoms with Crippen LogP contribution in [0.15, 0.2) is 24.3 Å². The molecule has 0 aliphatic heterocycles. The molecule has 0 spiro atoms. The molecule has 0 fully saturated rings. The summed E-state index contributed by atoms with van der Waals surface area (Å²) in [5.74, 6) is -0.166. The second-order valence-electron chi connectivity index (χ2n) is 4.11. The van der Waals surface area contributed by atoms with Gasteiger partial charge in [-0.1, -0.05) is 22.9 Å². The fourth-order valence-corrected chi connectivity index (χ4v) is 1.78. The summed E-state index contributed by atoms with van der Waals surface area (Å²) >= 11 is 5.93. The molecule has 5 nitrogen and oxygen atoms in total. The van der Waals surface area contributed by atoms with Crippen LogP contribution in [0.3, 0.4) is 0 Å². The van der Waals surface area contributed by atoms with Crippen LogP contribution in [-0.4, -0.2) is 39.9 Å². The van der Waals surface area contributed by atoms with Gasteiger partial charge in [-0.05, 0) is 25.1 Å². The van der Waals surface area contributed by atoms with Crippen LogP contribution in [0.1, 0.15) is 16.2 Å². The van der Waals surface area contributed by atoms with E-state index in [0.717, 1.165) is 5.69 Å². The topological polar surface area (TPSA) is 51.0 Å². The first-order chi connectivity index (χ1) is 8.50. The predicted molar refractivity (Wildman–Crippen MR) is 69.1 cm³/mol. The average molecular weight is 265 g/mol. The van der Waals surface area contributed by atoms with Gasteiger partial charge in [0, 0.05) is 19.1 Å². The fraction of sp³-hybridized carbons (Fsp3) is 0.250. The third kappa shape index (κ3) is 2.22. The van der Waals surface area contributed by atoms with Gasteiger partial charge in [0.05, 0.1) is 11.4 Å². The van der Waals surface area contributed by atoms with E-state index < -0.39 is 0 Å². The fourth-order valence-electron chi connectivity index (χ4n) is 1.59. The van der Waals surface area contributed by atoms with Gasteiger partial charge >= 0.3 is 0 Å². The highest BCUT2D eigenvalue weighted by molar-refractivity contribution is 6.30. The van der Waals surface area contributed by atoms with E-state index in [9.17, 15) is 4.79 Å². The Bertz CT molecular complexity index is 592. The Hall–Kier alpha value is -1.88. The number of carbonyl (C=O) groups excluding carboxylic acids is 1. The van der Waals surface area contributed by atoms with Crippen molar-refractivity contribution in [1.29, 1.82) is 0 Å². The second-order valence-corrected chi connectivity index (χ2v) is 4.55. The molecule has 0 aliphatic rings. The summed E-state index contributed by atoms with van der Waals surface area (Å²) < 4.78 is 1.60. The van der Waals surface area contributed by atoms with Crippen LogP contribution in [0.25, 0.3) is 5.69 Å².